The van der Waals surface area contributed by atoms with E-state index in [4.69, 9.17) is 4.98 Å². The van der Waals surface area contributed by atoms with Crippen LogP contribution in [0.5, 0.6) is 0 Å². The first-order valence-corrected chi connectivity index (χ1v) is 7.70. The maximum Gasteiger partial charge on any atom is 0.0706 e. The highest BCUT2D eigenvalue weighted by atomic mass is 14.9. The summed E-state index contributed by atoms with van der Waals surface area (Å²) in [6, 6.07) is 24.9. The number of aromatic nitrogens is 1. The first-order chi connectivity index (χ1) is 10.9. The molecule has 22 heavy (non-hydrogen) atoms. The van der Waals surface area contributed by atoms with Crippen LogP contribution in [0, 0.1) is 0 Å². The van der Waals surface area contributed by atoms with E-state index >= 15 is 0 Å². The Hall–Kier alpha value is -2.61. The van der Waals surface area contributed by atoms with Crippen LogP contribution in [0.1, 0.15) is 18.2 Å². The molecule has 0 atom stereocenters. The van der Waals surface area contributed by atoms with Crippen LogP contribution in [0.4, 0.5) is 5.69 Å². The summed E-state index contributed by atoms with van der Waals surface area (Å²) < 4.78 is 0. The normalized spacial score (nSPS) is 10.4. The molecule has 2 heteroatoms. The van der Waals surface area contributed by atoms with Crippen LogP contribution < -0.4 is 5.32 Å². The number of rotatable bonds is 5. The Morgan fingerprint density at radius 3 is 2.41 bits per heavy atom. The van der Waals surface area contributed by atoms with Gasteiger partial charge in [0.1, 0.15) is 0 Å². The van der Waals surface area contributed by atoms with Crippen LogP contribution >= 0.6 is 0 Å². The highest BCUT2D eigenvalue weighted by molar-refractivity contribution is 5.59. The van der Waals surface area contributed by atoms with Crippen molar-refractivity contribution in [3.63, 3.8) is 0 Å². The molecular weight excluding hydrogens is 268 g/mol. The number of nitrogens with one attached hydrogen (secondary N) is 1. The Morgan fingerprint density at radius 1 is 0.818 bits per heavy atom. The quantitative estimate of drug-likeness (QED) is 0.720. The van der Waals surface area contributed by atoms with E-state index in [1.807, 2.05) is 18.2 Å². The summed E-state index contributed by atoms with van der Waals surface area (Å²) in [5.74, 6) is 0. The molecule has 1 aromatic heterocycles. The number of aryl methyl sites for hydroxylation is 1. The third-order valence-corrected chi connectivity index (χ3v) is 3.73. The fourth-order valence-electron chi connectivity index (χ4n) is 2.53. The van der Waals surface area contributed by atoms with E-state index in [-0.39, 0.29) is 0 Å². The summed E-state index contributed by atoms with van der Waals surface area (Å²) >= 11 is 0. The molecule has 0 unspecified atom stereocenters. The van der Waals surface area contributed by atoms with Crippen LogP contribution in [-0.4, -0.2) is 4.98 Å². The van der Waals surface area contributed by atoms with Crippen LogP contribution in [0.25, 0.3) is 11.3 Å². The predicted octanol–water partition coefficient (Wildman–Crippen LogP) is 4.92. The number of nitrogens with zero attached hydrogens (tertiary/aromatic N) is 1. The molecule has 0 fully saturated rings. The molecule has 1 heterocycles. The first kappa shape index (κ1) is 14.3. The molecule has 0 aliphatic carbocycles. The molecule has 0 aliphatic rings. The summed E-state index contributed by atoms with van der Waals surface area (Å²) in [6.07, 6.45) is 1.03. The van der Waals surface area contributed by atoms with Crippen LogP contribution in [0.3, 0.4) is 0 Å². The van der Waals surface area contributed by atoms with E-state index in [9.17, 15) is 0 Å². The van der Waals surface area contributed by atoms with Gasteiger partial charge in [0.25, 0.3) is 0 Å². The van der Waals surface area contributed by atoms with Crippen molar-refractivity contribution in [2.24, 2.45) is 0 Å². The fraction of sp³-hybridized carbons (Fsp3) is 0.150. The Morgan fingerprint density at radius 2 is 1.59 bits per heavy atom. The molecule has 3 rings (SSSR count). The first-order valence-electron chi connectivity index (χ1n) is 7.70. The molecular formula is C20H20N2. The third-order valence-electron chi connectivity index (χ3n) is 3.73. The van der Waals surface area contributed by atoms with Crippen LogP contribution in [0.2, 0.25) is 0 Å². The lowest BCUT2D eigenvalue weighted by Crippen LogP contribution is -2.04. The van der Waals surface area contributed by atoms with Gasteiger partial charge in [0.05, 0.1) is 17.9 Å². The lowest BCUT2D eigenvalue weighted by Gasteiger charge is -2.11. The number of benzene rings is 2. The largest absolute Gasteiger partial charge is 0.379 e. The number of pyridine rings is 1. The molecule has 0 spiro atoms. The highest BCUT2D eigenvalue weighted by Gasteiger charge is 2.02. The van der Waals surface area contributed by atoms with Gasteiger partial charge in [-0.3, -0.25) is 4.98 Å². The maximum absolute atomic E-state index is 4.75. The van der Waals surface area contributed by atoms with E-state index in [1.54, 1.807) is 0 Å². The number of hydrogen-bond donors (Lipinski definition) is 1. The lowest BCUT2D eigenvalue weighted by molar-refractivity contribution is 1.03. The molecule has 0 amide bonds. The van der Waals surface area contributed by atoms with Crippen molar-refractivity contribution in [3.05, 3.63) is 84.1 Å². The van der Waals surface area contributed by atoms with E-state index in [0.717, 1.165) is 29.9 Å². The zero-order valence-corrected chi connectivity index (χ0v) is 12.8. The fourth-order valence-corrected chi connectivity index (χ4v) is 2.53. The van der Waals surface area contributed by atoms with Crippen molar-refractivity contribution >= 4 is 5.69 Å². The summed E-state index contributed by atoms with van der Waals surface area (Å²) in [4.78, 5) is 4.75. The zero-order chi connectivity index (χ0) is 15.2. The lowest BCUT2D eigenvalue weighted by atomic mass is 10.1. The Bertz CT molecular complexity index is 735. The van der Waals surface area contributed by atoms with Crippen molar-refractivity contribution in [2.45, 2.75) is 19.9 Å². The maximum atomic E-state index is 4.75. The molecule has 1 N–H and O–H groups in total. The number of para-hydroxylation sites is 1. The van der Waals surface area contributed by atoms with Crippen molar-refractivity contribution in [1.82, 2.24) is 4.98 Å². The standard InChI is InChI=1S/C20H20N2/c1-2-16-9-6-7-13-19(16)21-15-18-12-8-14-20(22-18)17-10-4-3-5-11-17/h3-14,21H,2,15H2,1H3. The van der Waals surface area contributed by atoms with Crippen molar-refractivity contribution in [1.29, 1.82) is 0 Å². The van der Waals surface area contributed by atoms with E-state index in [0.29, 0.717) is 0 Å². The second-order valence-corrected chi connectivity index (χ2v) is 5.24. The van der Waals surface area contributed by atoms with Gasteiger partial charge in [-0.05, 0) is 30.2 Å². The minimum Gasteiger partial charge on any atom is -0.379 e. The Labute approximate surface area is 131 Å². The number of hydrogen-bond acceptors (Lipinski definition) is 2. The highest BCUT2D eigenvalue weighted by Crippen LogP contribution is 2.19. The smallest absolute Gasteiger partial charge is 0.0706 e. The van der Waals surface area contributed by atoms with Gasteiger partial charge in [-0.2, -0.15) is 0 Å². The van der Waals surface area contributed by atoms with E-state index < -0.39 is 0 Å². The monoisotopic (exact) mass is 288 g/mol. The summed E-state index contributed by atoms with van der Waals surface area (Å²) in [5.41, 5.74) is 5.74. The van der Waals surface area contributed by atoms with Crippen LogP contribution in [-0.2, 0) is 13.0 Å². The summed E-state index contributed by atoms with van der Waals surface area (Å²) in [5, 5.41) is 3.50. The Kier molecular flexibility index (Phi) is 4.50. The Balaban J connectivity index is 1.76. The second-order valence-electron chi connectivity index (χ2n) is 5.24. The molecule has 2 nitrogen and oxygen atoms in total. The SMILES string of the molecule is CCc1ccccc1NCc1cccc(-c2ccccc2)n1. The van der Waals surface area contributed by atoms with Crippen molar-refractivity contribution in [2.75, 3.05) is 5.32 Å². The molecule has 3 aromatic rings. The second kappa shape index (κ2) is 6.90. The third kappa shape index (κ3) is 3.34. The number of anilines is 1. The van der Waals surface area contributed by atoms with Gasteiger partial charge in [0, 0.05) is 11.3 Å². The topological polar surface area (TPSA) is 24.9 Å². The van der Waals surface area contributed by atoms with Gasteiger partial charge >= 0.3 is 0 Å². The minimum atomic E-state index is 0.734. The van der Waals surface area contributed by atoms with Crippen LogP contribution in [0.15, 0.2) is 72.8 Å². The van der Waals surface area contributed by atoms with Gasteiger partial charge in [-0.1, -0.05) is 61.5 Å². The zero-order valence-electron chi connectivity index (χ0n) is 12.8. The predicted molar refractivity (Wildman–Crippen MR) is 92.8 cm³/mol. The average molecular weight is 288 g/mol. The molecule has 0 bridgehead atoms. The molecule has 2 aromatic carbocycles. The van der Waals surface area contributed by atoms with E-state index in [1.165, 1.54) is 11.3 Å². The summed E-state index contributed by atoms with van der Waals surface area (Å²) in [6.45, 7) is 2.91. The van der Waals surface area contributed by atoms with Gasteiger partial charge in [0.2, 0.25) is 0 Å². The molecule has 0 saturated carbocycles. The molecule has 0 aliphatic heterocycles. The summed E-state index contributed by atoms with van der Waals surface area (Å²) in [7, 11) is 0. The molecule has 110 valence electrons. The molecule has 0 saturated heterocycles. The van der Waals surface area contributed by atoms with Crippen molar-refractivity contribution < 1.29 is 0 Å². The van der Waals surface area contributed by atoms with Gasteiger partial charge in [-0.15, -0.1) is 0 Å². The van der Waals surface area contributed by atoms with Crippen molar-refractivity contribution in [3.8, 4) is 11.3 Å². The van der Waals surface area contributed by atoms with Gasteiger partial charge in [0.15, 0.2) is 0 Å². The van der Waals surface area contributed by atoms with E-state index in [2.05, 4.69) is 66.8 Å². The van der Waals surface area contributed by atoms with Gasteiger partial charge in [-0.25, -0.2) is 0 Å². The minimum absolute atomic E-state index is 0.734. The van der Waals surface area contributed by atoms with Gasteiger partial charge < -0.3 is 5.32 Å². The average Bonchev–Trinajstić information content (AvgIpc) is 2.61. The molecule has 0 radical (unpaired) electrons.